The molecule has 1 aliphatic carbocycles. The second kappa shape index (κ2) is 24.9. The zero-order valence-electron chi connectivity index (χ0n) is 47.5. The summed E-state index contributed by atoms with van der Waals surface area (Å²) < 4.78 is 36.5. The molecule has 3 saturated heterocycles. The zero-order chi connectivity index (χ0) is 58.7. The van der Waals surface area contributed by atoms with Crippen LogP contribution in [-0.4, -0.2) is 127 Å². The van der Waals surface area contributed by atoms with Gasteiger partial charge in [-0.3, -0.25) is 39.5 Å². The summed E-state index contributed by atoms with van der Waals surface area (Å²) in [7, 11) is -4.62. The first-order chi connectivity index (χ1) is 40.4. The van der Waals surface area contributed by atoms with Crippen molar-refractivity contribution in [1.82, 2.24) is 34.7 Å². The van der Waals surface area contributed by atoms with Crippen LogP contribution in [0.25, 0.3) is 16.6 Å². The fraction of sp³-hybridized carbons (Fsp3) is 0.413. The van der Waals surface area contributed by atoms with Gasteiger partial charge in [0, 0.05) is 92.2 Å². The number of ether oxygens (including phenoxy) is 1. The molecule has 4 N–H and O–H groups in total. The number of likely N-dealkylation sites (tertiary alicyclic amines) is 1. The number of piperazine rings is 1. The first-order valence-corrected chi connectivity index (χ1v) is 31.1. The molecule has 4 aromatic carbocycles. The van der Waals surface area contributed by atoms with E-state index in [4.69, 9.17) is 16.3 Å². The summed E-state index contributed by atoms with van der Waals surface area (Å²) in [5, 5.41) is 19.6. The van der Waals surface area contributed by atoms with Crippen molar-refractivity contribution in [1.29, 1.82) is 0 Å². The third kappa shape index (κ3) is 13.3. The lowest BCUT2D eigenvalue weighted by Crippen LogP contribution is -2.52. The van der Waals surface area contributed by atoms with Gasteiger partial charge in [0.05, 0.1) is 21.6 Å². The molecule has 0 bridgehead atoms. The Morgan fingerprint density at radius 2 is 1.69 bits per heavy atom. The summed E-state index contributed by atoms with van der Waals surface area (Å²) in [5.74, 6) is -1.16. The molecular weight excluding hydrogens is 1110 g/mol. The number of H-pyrrole nitrogens is 1. The first kappa shape index (κ1) is 58.1. The van der Waals surface area contributed by atoms with Gasteiger partial charge in [-0.05, 0) is 166 Å². The predicted octanol–water partition coefficient (Wildman–Crippen LogP) is 10.1. The normalized spacial score (nSPS) is 18.9. The number of imide groups is 1. The van der Waals surface area contributed by atoms with Gasteiger partial charge in [-0.25, -0.2) is 18.1 Å². The second-order valence-electron chi connectivity index (χ2n) is 23.8. The van der Waals surface area contributed by atoms with Gasteiger partial charge >= 0.3 is 0 Å². The standard InChI is InChI=1S/C63H71ClN10O9S/c1-63(2)24-20-45(52(36-63)43-10-12-46(64)13-11-43)39-71-29-31-72(32-30-71)47-14-16-51(57(34-47)83-48-33-44-21-25-65-59(44)67-38-48)60(76)69-84(81,82)49-15-17-54(56(35-49)74(79)80)66-37-41-22-27-70(28-23-41)26-5-3-4-7-42-8-6-9-50-53(42)40-73(62(50)78)55-18-19-58(75)68-61(55)77/h6,8-17,21,25,33-35,38,41,55,66H,3-5,7,18-20,22-24,26-32,36-37,39-40H2,1-2H3,(H,65,67)(H,69,76)(H,68,75,77). The smallest absolute Gasteiger partial charge is 0.293 e. The summed E-state index contributed by atoms with van der Waals surface area (Å²) >= 11 is 6.27. The minimum Gasteiger partial charge on any atom is -0.455 e. The summed E-state index contributed by atoms with van der Waals surface area (Å²) in [5.41, 5.74) is 8.16. The number of benzene rings is 4. The molecule has 19 nitrogen and oxygen atoms in total. The van der Waals surface area contributed by atoms with E-state index in [1.54, 1.807) is 35.4 Å². The molecule has 21 heteroatoms. The largest absolute Gasteiger partial charge is 0.455 e. The lowest BCUT2D eigenvalue weighted by atomic mass is 9.72. The summed E-state index contributed by atoms with van der Waals surface area (Å²) in [6, 6.07) is 25.6. The monoisotopic (exact) mass is 1180 g/mol. The van der Waals surface area contributed by atoms with Crippen LogP contribution in [0, 0.1) is 21.4 Å². The molecule has 6 heterocycles. The second-order valence-corrected chi connectivity index (χ2v) is 25.9. The van der Waals surface area contributed by atoms with Crippen molar-refractivity contribution in [2.45, 2.75) is 102 Å². The average Bonchev–Trinajstić information content (AvgIpc) is 2.72. The van der Waals surface area contributed by atoms with Crippen molar-refractivity contribution < 1.29 is 37.3 Å². The Morgan fingerprint density at radius 1 is 0.893 bits per heavy atom. The van der Waals surface area contributed by atoms with E-state index in [1.165, 1.54) is 35.0 Å². The molecule has 1 unspecified atom stereocenters. The zero-order valence-corrected chi connectivity index (χ0v) is 49.0. The van der Waals surface area contributed by atoms with Gasteiger partial charge in [0.2, 0.25) is 11.8 Å². The van der Waals surface area contributed by atoms with Crippen LogP contribution in [0.4, 0.5) is 17.1 Å². The molecule has 0 saturated carbocycles. The molecule has 4 amide bonds. The quantitative estimate of drug-likeness (QED) is 0.0241. The van der Waals surface area contributed by atoms with Gasteiger partial charge in [-0.2, -0.15) is 0 Å². The number of pyridine rings is 1. The maximum absolute atomic E-state index is 14.2. The van der Waals surface area contributed by atoms with Gasteiger partial charge in [-0.15, -0.1) is 0 Å². The first-order valence-electron chi connectivity index (χ1n) is 29.2. The Labute approximate surface area is 494 Å². The maximum Gasteiger partial charge on any atom is 0.293 e. The maximum atomic E-state index is 14.2. The van der Waals surface area contributed by atoms with E-state index < -0.39 is 43.4 Å². The number of aromatic nitrogens is 2. The lowest BCUT2D eigenvalue weighted by Gasteiger charge is -2.39. The molecule has 11 rings (SSSR count). The lowest BCUT2D eigenvalue weighted by molar-refractivity contribution is -0.384. The fourth-order valence-corrected chi connectivity index (χ4v) is 13.7. The van der Waals surface area contributed by atoms with Gasteiger partial charge < -0.3 is 29.7 Å². The number of halogens is 1. The van der Waals surface area contributed by atoms with E-state index in [1.807, 2.05) is 30.3 Å². The Hall–Kier alpha value is -7.65. The number of aromatic amines is 1. The summed E-state index contributed by atoms with van der Waals surface area (Å²) in [6.45, 7) is 12.1. The highest BCUT2D eigenvalue weighted by molar-refractivity contribution is 7.90. The van der Waals surface area contributed by atoms with E-state index in [2.05, 4.69) is 72.1 Å². The number of amides is 4. The van der Waals surface area contributed by atoms with Crippen molar-refractivity contribution in [3.8, 4) is 11.5 Å². The predicted molar refractivity (Wildman–Crippen MR) is 323 cm³/mol. The van der Waals surface area contributed by atoms with Crippen LogP contribution in [0.15, 0.2) is 114 Å². The van der Waals surface area contributed by atoms with Gasteiger partial charge in [0.1, 0.15) is 28.9 Å². The van der Waals surface area contributed by atoms with Crippen molar-refractivity contribution in [3.05, 3.63) is 152 Å². The molecule has 6 aromatic rings. The van der Waals surface area contributed by atoms with Crippen molar-refractivity contribution in [2.75, 3.05) is 69.1 Å². The number of unbranched alkanes of at least 4 members (excludes halogenated alkanes) is 2. The molecule has 4 aliphatic heterocycles. The number of sulfonamides is 1. The summed E-state index contributed by atoms with van der Waals surface area (Å²) in [4.78, 5) is 79.3. The third-order valence-electron chi connectivity index (χ3n) is 17.4. The number of rotatable bonds is 20. The Morgan fingerprint density at radius 3 is 2.46 bits per heavy atom. The number of aryl methyl sites for hydroxylation is 1. The van der Waals surface area contributed by atoms with Crippen LogP contribution in [0.2, 0.25) is 5.02 Å². The van der Waals surface area contributed by atoms with Gasteiger partial charge in [0.25, 0.3) is 27.5 Å². The molecule has 2 aromatic heterocycles. The summed E-state index contributed by atoms with van der Waals surface area (Å²) in [6.07, 6.45) is 12.6. The average molecular weight is 1180 g/mol. The number of hydrogen-bond donors (Lipinski definition) is 4. The third-order valence-corrected chi connectivity index (χ3v) is 19.0. The van der Waals surface area contributed by atoms with Crippen LogP contribution in [-0.2, 0) is 32.6 Å². The minimum atomic E-state index is -4.62. The van der Waals surface area contributed by atoms with Crippen LogP contribution < -0.4 is 25.0 Å². The van der Waals surface area contributed by atoms with Crippen LogP contribution >= 0.6 is 11.6 Å². The molecule has 84 heavy (non-hydrogen) atoms. The Kier molecular flexibility index (Phi) is 17.2. The minimum absolute atomic E-state index is 0.0517. The number of carbonyl (C=O) groups excluding carboxylic acids is 4. The molecule has 0 radical (unpaired) electrons. The molecule has 0 spiro atoms. The topological polar surface area (TPSA) is 233 Å². The Balaban J connectivity index is 0.681. The number of nitrogens with zero attached hydrogens (tertiary/aromatic N) is 6. The van der Waals surface area contributed by atoms with E-state index >= 15 is 0 Å². The number of allylic oxidation sites excluding steroid dienone is 1. The van der Waals surface area contributed by atoms with E-state index in [0.717, 1.165) is 130 Å². The van der Waals surface area contributed by atoms with Crippen LogP contribution in [0.3, 0.4) is 0 Å². The molecular formula is C63H71ClN10O9S. The van der Waals surface area contributed by atoms with Crippen molar-refractivity contribution in [2.24, 2.45) is 11.3 Å². The number of nitro groups is 1. The van der Waals surface area contributed by atoms with Crippen LogP contribution in [0.1, 0.15) is 115 Å². The van der Waals surface area contributed by atoms with Crippen molar-refractivity contribution in [3.63, 3.8) is 0 Å². The highest BCUT2D eigenvalue weighted by Crippen LogP contribution is 2.44. The molecule has 3 fully saturated rings. The molecule has 1 atom stereocenters. The number of hydrogen-bond acceptors (Lipinski definition) is 14. The number of anilines is 2. The number of nitro benzene ring substituents is 1. The number of nitrogens with one attached hydrogen (secondary N) is 4. The fourth-order valence-electron chi connectivity index (χ4n) is 12.6. The SMILES string of the molecule is CC1(C)CCC(CN2CCN(c3ccc(C(=O)NS(=O)(=O)c4ccc(NCC5CCN(CCCCCc6cccc7c6CN(C6CCC(=O)NC6=O)C7=O)CC5)c([N+](=O)[O-])c4)c(Oc4cnc5[nH]ccc5c4)c3)CC2)=C(c2ccc(Cl)cc2)C1. The highest BCUT2D eigenvalue weighted by atomic mass is 35.5. The van der Waals surface area contributed by atoms with Crippen LogP contribution in [0.5, 0.6) is 11.5 Å². The van der Waals surface area contributed by atoms with Gasteiger partial charge in [0.15, 0.2) is 0 Å². The Bertz CT molecular complexity index is 3650. The van der Waals surface area contributed by atoms with E-state index in [-0.39, 0.29) is 46.6 Å². The van der Waals surface area contributed by atoms with Gasteiger partial charge in [-0.1, -0.05) is 61.7 Å². The number of piperidine rings is 2. The highest BCUT2D eigenvalue weighted by Gasteiger charge is 2.40. The number of carbonyl (C=O) groups is 4. The number of fused-ring (bicyclic) bond motifs is 2. The molecule has 440 valence electrons. The van der Waals surface area contributed by atoms with Crippen molar-refractivity contribution >= 4 is 78.9 Å². The van der Waals surface area contributed by atoms with E-state index in [9.17, 15) is 37.7 Å². The molecule has 5 aliphatic rings. The van der Waals surface area contributed by atoms with E-state index in [0.29, 0.717) is 49.6 Å².